The summed E-state index contributed by atoms with van der Waals surface area (Å²) in [4.78, 5) is 0. The van der Waals surface area contributed by atoms with Crippen molar-refractivity contribution < 1.29 is 0 Å². The summed E-state index contributed by atoms with van der Waals surface area (Å²) in [5, 5.41) is 0. The number of hydrogen-bond acceptors (Lipinski definition) is 1. The van der Waals surface area contributed by atoms with Crippen LogP contribution in [-0.2, 0) is 0 Å². The van der Waals surface area contributed by atoms with E-state index in [4.69, 9.17) is 11.6 Å². The van der Waals surface area contributed by atoms with Crippen LogP contribution in [0.2, 0.25) is 0 Å². The van der Waals surface area contributed by atoms with Gasteiger partial charge >= 0.3 is 0 Å². The number of rotatable bonds is 6. The Morgan fingerprint density at radius 2 is 2.09 bits per heavy atom. The third-order valence-corrected chi connectivity index (χ3v) is 2.84. The lowest BCUT2D eigenvalue weighted by Crippen LogP contribution is -1.73. The lowest BCUT2D eigenvalue weighted by atomic mass is 10.2. The molecule has 0 aliphatic carbocycles. The summed E-state index contributed by atoms with van der Waals surface area (Å²) in [6, 6.07) is 0. The minimum absolute atomic E-state index is 0.973. The van der Waals surface area contributed by atoms with Crippen LogP contribution in [0.5, 0.6) is 0 Å². The molecule has 0 saturated heterocycles. The van der Waals surface area contributed by atoms with Gasteiger partial charge in [0.1, 0.15) is 0 Å². The van der Waals surface area contributed by atoms with Crippen molar-refractivity contribution in [2.24, 2.45) is 0 Å². The highest BCUT2D eigenvalue weighted by molar-refractivity contribution is 8.04. The zero-order chi connectivity index (χ0) is 8.53. The molecule has 0 N–H and O–H groups in total. The first-order chi connectivity index (χ1) is 5.31. The zero-order valence-corrected chi connectivity index (χ0v) is 8.97. The average Bonchev–Trinajstić information content (AvgIpc) is 2.01. The molecule has 0 nitrogen and oxygen atoms in total. The molecular formula is C9H17ClS. The summed E-state index contributed by atoms with van der Waals surface area (Å²) in [5.74, 6) is 1.14. The first-order valence-electron chi connectivity index (χ1n) is 4.29. The van der Waals surface area contributed by atoms with Gasteiger partial charge in [0.05, 0.1) is 4.36 Å². The summed E-state index contributed by atoms with van der Waals surface area (Å²) >= 11 is 7.67. The molecule has 0 unspecified atom stereocenters. The van der Waals surface area contributed by atoms with Gasteiger partial charge in [-0.05, 0) is 18.6 Å². The maximum absolute atomic E-state index is 5.92. The Labute approximate surface area is 79.4 Å². The number of halogens is 1. The third kappa shape index (κ3) is 8.28. The van der Waals surface area contributed by atoms with E-state index in [2.05, 4.69) is 19.9 Å². The quantitative estimate of drug-likeness (QED) is 0.563. The molecule has 0 radical (unpaired) electrons. The average molecular weight is 193 g/mol. The summed E-state index contributed by atoms with van der Waals surface area (Å²) in [6.45, 7) is 4.37. The van der Waals surface area contributed by atoms with E-state index in [9.17, 15) is 0 Å². The van der Waals surface area contributed by atoms with Crippen molar-refractivity contribution in [3.63, 3.8) is 0 Å². The van der Waals surface area contributed by atoms with E-state index in [1.165, 1.54) is 19.3 Å². The van der Waals surface area contributed by atoms with Crippen LogP contribution in [0.15, 0.2) is 10.4 Å². The Kier molecular flexibility index (Phi) is 8.77. The predicted molar refractivity (Wildman–Crippen MR) is 56.2 cm³/mol. The molecule has 0 fully saturated rings. The monoisotopic (exact) mass is 192 g/mol. The van der Waals surface area contributed by atoms with Gasteiger partial charge in [-0.15, -0.1) is 11.8 Å². The van der Waals surface area contributed by atoms with Crippen LogP contribution in [0.1, 0.15) is 39.5 Å². The molecule has 0 rings (SSSR count). The summed E-state index contributed by atoms with van der Waals surface area (Å²) in [5.41, 5.74) is 0. The van der Waals surface area contributed by atoms with Crippen LogP contribution in [0, 0.1) is 0 Å². The van der Waals surface area contributed by atoms with E-state index < -0.39 is 0 Å². The second-order valence-electron chi connectivity index (χ2n) is 2.50. The Hall–Kier alpha value is 0.380. The molecule has 0 aliphatic rings. The molecule has 0 aromatic rings. The third-order valence-electron chi connectivity index (χ3n) is 1.31. The number of allylic oxidation sites excluding steroid dienone is 1. The van der Waals surface area contributed by atoms with E-state index in [0.29, 0.717) is 0 Å². The van der Waals surface area contributed by atoms with Gasteiger partial charge in [-0.25, -0.2) is 0 Å². The van der Waals surface area contributed by atoms with Gasteiger partial charge in [0.15, 0.2) is 0 Å². The van der Waals surface area contributed by atoms with Gasteiger partial charge in [0.2, 0.25) is 0 Å². The maximum Gasteiger partial charge on any atom is 0.0694 e. The molecule has 0 bridgehead atoms. The maximum atomic E-state index is 5.92. The molecular weight excluding hydrogens is 176 g/mol. The predicted octanol–water partition coefficient (Wildman–Crippen LogP) is 4.40. The Morgan fingerprint density at radius 3 is 2.64 bits per heavy atom. The van der Waals surface area contributed by atoms with E-state index in [-0.39, 0.29) is 0 Å². The lowest BCUT2D eigenvalue weighted by molar-refractivity contribution is 0.815. The number of thioether (sulfide) groups is 1. The van der Waals surface area contributed by atoms with Crippen molar-refractivity contribution in [1.82, 2.24) is 0 Å². The van der Waals surface area contributed by atoms with Crippen LogP contribution < -0.4 is 0 Å². The molecule has 0 atom stereocenters. The molecule has 11 heavy (non-hydrogen) atoms. The van der Waals surface area contributed by atoms with Crippen molar-refractivity contribution in [2.45, 2.75) is 39.5 Å². The van der Waals surface area contributed by atoms with Crippen molar-refractivity contribution in [3.05, 3.63) is 10.4 Å². The molecule has 0 aromatic carbocycles. The van der Waals surface area contributed by atoms with Crippen LogP contribution >= 0.6 is 23.4 Å². The zero-order valence-electron chi connectivity index (χ0n) is 7.40. The SMILES string of the molecule is CCCC/C=C(/Cl)SCCC. The Bertz CT molecular complexity index is 110. The molecule has 0 amide bonds. The first kappa shape index (κ1) is 11.4. The van der Waals surface area contributed by atoms with E-state index >= 15 is 0 Å². The molecule has 0 saturated carbocycles. The van der Waals surface area contributed by atoms with Gasteiger partial charge in [0, 0.05) is 0 Å². The molecule has 2 heteroatoms. The fraction of sp³-hybridized carbons (Fsp3) is 0.778. The van der Waals surface area contributed by atoms with Crippen LogP contribution in [0.4, 0.5) is 0 Å². The van der Waals surface area contributed by atoms with E-state index in [1.807, 2.05) is 0 Å². The largest absolute Gasteiger partial charge is 0.114 e. The fourth-order valence-corrected chi connectivity index (χ4v) is 1.65. The highest BCUT2D eigenvalue weighted by atomic mass is 35.5. The fourth-order valence-electron chi connectivity index (χ4n) is 0.678. The molecule has 0 heterocycles. The number of unbranched alkanes of at least 4 members (excludes halogenated alkanes) is 2. The molecule has 0 spiro atoms. The van der Waals surface area contributed by atoms with Crippen molar-refractivity contribution >= 4 is 23.4 Å². The van der Waals surface area contributed by atoms with Crippen molar-refractivity contribution in [3.8, 4) is 0 Å². The van der Waals surface area contributed by atoms with Gasteiger partial charge in [-0.3, -0.25) is 0 Å². The summed E-state index contributed by atoms with van der Waals surface area (Å²) in [6.07, 6.45) is 6.96. The van der Waals surface area contributed by atoms with Crippen LogP contribution in [0.3, 0.4) is 0 Å². The second kappa shape index (κ2) is 8.48. The standard InChI is InChI=1S/C9H17ClS/c1-3-5-6-7-9(10)11-8-4-2/h7H,3-6,8H2,1-2H3/b9-7-. The summed E-state index contributed by atoms with van der Waals surface area (Å²) in [7, 11) is 0. The highest BCUT2D eigenvalue weighted by Gasteiger charge is 1.90. The van der Waals surface area contributed by atoms with E-state index in [1.54, 1.807) is 11.8 Å². The Balaban J connectivity index is 3.30. The van der Waals surface area contributed by atoms with Crippen LogP contribution in [0.25, 0.3) is 0 Å². The first-order valence-corrected chi connectivity index (χ1v) is 5.66. The van der Waals surface area contributed by atoms with Crippen molar-refractivity contribution in [2.75, 3.05) is 5.75 Å². The normalized spacial score (nSPS) is 12.1. The topological polar surface area (TPSA) is 0 Å². The van der Waals surface area contributed by atoms with Gasteiger partial charge in [0.25, 0.3) is 0 Å². The smallest absolute Gasteiger partial charge is 0.0694 e. The van der Waals surface area contributed by atoms with Crippen molar-refractivity contribution in [1.29, 1.82) is 0 Å². The molecule has 0 aliphatic heterocycles. The second-order valence-corrected chi connectivity index (χ2v) is 4.27. The van der Waals surface area contributed by atoms with Gasteiger partial charge in [-0.2, -0.15) is 0 Å². The number of hydrogen-bond donors (Lipinski definition) is 0. The molecule has 66 valence electrons. The summed E-state index contributed by atoms with van der Waals surface area (Å²) < 4.78 is 0.973. The minimum Gasteiger partial charge on any atom is -0.114 e. The van der Waals surface area contributed by atoms with E-state index in [0.717, 1.165) is 16.5 Å². The lowest BCUT2D eigenvalue weighted by Gasteiger charge is -1.95. The minimum atomic E-state index is 0.973. The highest BCUT2D eigenvalue weighted by Crippen LogP contribution is 2.21. The van der Waals surface area contributed by atoms with Crippen LogP contribution in [-0.4, -0.2) is 5.75 Å². The van der Waals surface area contributed by atoms with Gasteiger partial charge in [-0.1, -0.05) is 44.4 Å². The van der Waals surface area contributed by atoms with Gasteiger partial charge < -0.3 is 0 Å². The molecule has 0 aromatic heterocycles. The Morgan fingerprint density at radius 1 is 1.36 bits per heavy atom.